The SMILES string of the molecule is O=C(COC1CCC1)CC12CC(c3n[nH]c(COc4ccc(Cl)c(F)c4)n3)(C1)C2. The van der Waals surface area contributed by atoms with E-state index in [1.54, 1.807) is 6.07 Å². The maximum absolute atomic E-state index is 13.5. The van der Waals surface area contributed by atoms with Gasteiger partial charge in [-0.2, -0.15) is 5.10 Å². The first kappa shape index (κ1) is 19.0. The summed E-state index contributed by atoms with van der Waals surface area (Å²) in [5.41, 5.74) is 0.119. The Balaban J connectivity index is 1.11. The molecule has 4 aliphatic carbocycles. The second kappa shape index (κ2) is 7.06. The average Bonchev–Trinajstić information content (AvgIpc) is 3.05. The highest BCUT2D eigenvalue weighted by molar-refractivity contribution is 6.30. The van der Waals surface area contributed by atoms with Crippen LogP contribution in [-0.4, -0.2) is 33.7 Å². The lowest BCUT2D eigenvalue weighted by Crippen LogP contribution is -2.65. The van der Waals surface area contributed by atoms with E-state index in [0.29, 0.717) is 24.1 Å². The van der Waals surface area contributed by atoms with Gasteiger partial charge in [0.2, 0.25) is 0 Å². The average molecular weight is 420 g/mol. The Kier molecular flexibility index (Phi) is 4.62. The summed E-state index contributed by atoms with van der Waals surface area (Å²) in [6, 6.07) is 4.31. The molecule has 0 aliphatic heterocycles. The maximum Gasteiger partial charge on any atom is 0.162 e. The van der Waals surface area contributed by atoms with Crippen molar-refractivity contribution in [2.75, 3.05) is 6.61 Å². The number of halogens is 2. The van der Waals surface area contributed by atoms with E-state index >= 15 is 0 Å². The zero-order chi connectivity index (χ0) is 20.1. The van der Waals surface area contributed by atoms with Crippen LogP contribution in [0, 0.1) is 11.2 Å². The fourth-order valence-corrected chi connectivity index (χ4v) is 5.07. The van der Waals surface area contributed by atoms with Crippen LogP contribution in [0.5, 0.6) is 5.75 Å². The van der Waals surface area contributed by atoms with Gasteiger partial charge in [-0.1, -0.05) is 11.6 Å². The topological polar surface area (TPSA) is 77.1 Å². The van der Waals surface area contributed by atoms with Gasteiger partial charge in [0, 0.05) is 17.9 Å². The number of carbonyl (C=O) groups excluding carboxylic acids is 1. The fraction of sp³-hybridized carbons (Fsp3) is 0.571. The first-order valence-corrected chi connectivity index (χ1v) is 10.5. The predicted octanol–water partition coefficient (Wildman–Crippen LogP) is 4.13. The standard InChI is InChI=1S/C21H23ClFN3O3/c22-16-5-4-15(6-17(16)23)29-9-18-24-19(26-25-18)21-10-20(11-21,12-21)7-13(27)8-28-14-2-1-3-14/h4-6,14H,1-3,7-12H2,(H,24,25,26). The molecule has 1 aromatic carbocycles. The third-order valence-corrected chi connectivity index (χ3v) is 6.82. The number of benzene rings is 1. The van der Waals surface area contributed by atoms with Crippen LogP contribution in [0.3, 0.4) is 0 Å². The van der Waals surface area contributed by atoms with Gasteiger partial charge in [-0.05, 0) is 56.1 Å². The zero-order valence-corrected chi connectivity index (χ0v) is 16.8. The number of hydrogen-bond acceptors (Lipinski definition) is 5. The first-order chi connectivity index (χ1) is 14.0. The van der Waals surface area contributed by atoms with Crippen molar-refractivity contribution >= 4 is 17.4 Å². The Morgan fingerprint density at radius 3 is 2.79 bits per heavy atom. The molecule has 4 fully saturated rings. The molecule has 0 atom stereocenters. The summed E-state index contributed by atoms with van der Waals surface area (Å²) in [6.45, 7) is 0.430. The molecule has 154 valence electrons. The minimum absolute atomic E-state index is 0.00373. The quantitative estimate of drug-likeness (QED) is 0.661. The molecular formula is C21H23ClFN3O3. The third-order valence-electron chi connectivity index (χ3n) is 6.52. The number of nitrogens with zero attached hydrogens (tertiary/aromatic N) is 2. The highest BCUT2D eigenvalue weighted by atomic mass is 35.5. The van der Waals surface area contributed by atoms with Gasteiger partial charge in [-0.15, -0.1) is 0 Å². The van der Waals surface area contributed by atoms with E-state index in [0.717, 1.165) is 37.9 Å². The van der Waals surface area contributed by atoms with Gasteiger partial charge in [-0.25, -0.2) is 9.37 Å². The minimum Gasteiger partial charge on any atom is -0.486 e. The maximum atomic E-state index is 13.5. The van der Waals surface area contributed by atoms with Gasteiger partial charge in [0.25, 0.3) is 0 Å². The van der Waals surface area contributed by atoms with E-state index in [1.165, 1.54) is 18.6 Å². The van der Waals surface area contributed by atoms with Gasteiger partial charge in [0.05, 0.1) is 11.1 Å². The lowest BCUT2D eigenvalue weighted by Gasteiger charge is -2.69. The summed E-state index contributed by atoms with van der Waals surface area (Å²) in [7, 11) is 0. The van der Waals surface area contributed by atoms with Crippen LogP contribution in [0.25, 0.3) is 0 Å². The Bertz CT molecular complexity index is 923. The largest absolute Gasteiger partial charge is 0.486 e. The Morgan fingerprint density at radius 2 is 2.10 bits per heavy atom. The van der Waals surface area contributed by atoms with Gasteiger partial charge in [0.1, 0.15) is 24.8 Å². The van der Waals surface area contributed by atoms with Crippen LogP contribution < -0.4 is 4.74 Å². The molecule has 6 rings (SSSR count). The van der Waals surface area contributed by atoms with Gasteiger partial charge in [0.15, 0.2) is 17.4 Å². The highest BCUT2D eigenvalue weighted by Crippen LogP contribution is 2.74. The fourth-order valence-electron chi connectivity index (χ4n) is 4.96. The molecule has 1 N–H and O–H groups in total. The van der Waals surface area contributed by atoms with Crippen LogP contribution >= 0.6 is 11.6 Å². The first-order valence-electron chi connectivity index (χ1n) is 10.1. The lowest BCUT2D eigenvalue weighted by molar-refractivity contribution is -0.165. The Hall–Kier alpha value is -1.99. The molecule has 0 amide bonds. The lowest BCUT2D eigenvalue weighted by atomic mass is 9.34. The third kappa shape index (κ3) is 3.55. The van der Waals surface area contributed by atoms with E-state index in [-0.39, 0.29) is 34.8 Å². The van der Waals surface area contributed by atoms with Crippen molar-refractivity contribution in [3.63, 3.8) is 0 Å². The number of carbonyl (C=O) groups is 1. The molecule has 1 aromatic heterocycles. The van der Waals surface area contributed by atoms with Crippen molar-refractivity contribution in [3.05, 3.63) is 40.7 Å². The van der Waals surface area contributed by atoms with Crippen LogP contribution in [0.2, 0.25) is 5.02 Å². The number of hydrogen-bond donors (Lipinski definition) is 1. The number of Topliss-reactive ketones (excluding diaryl/α,β-unsaturated/α-hetero) is 1. The molecule has 1 heterocycles. The monoisotopic (exact) mass is 419 g/mol. The number of ether oxygens (including phenoxy) is 2. The van der Waals surface area contributed by atoms with Gasteiger partial charge in [-0.3, -0.25) is 9.89 Å². The molecule has 0 spiro atoms. The molecule has 2 aromatic rings. The molecule has 6 nitrogen and oxygen atoms in total. The van der Waals surface area contributed by atoms with Crippen molar-refractivity contribution in [1.29, 1.82) is 0 Å². The smallest absolute Gasteiger partial charge is 0.162 e. The molecule has 8 heteroatoms. The molecule has 0 unspecified atom stereocenters. The minimum atomic E-state index is -0.519. The van der Waals surface area contributed by atoms with E-state index in [4.69, 9.17) is 21.1 Å². The van der Waals surface area contributed by atoms with E-state index in [9.17, 15) is 9.18 Å². The van der Waals surface area contributed by atoms with Crippen molar-refractivity contribution < 1.29 is 18.7 Å². The number of aromatic amines is 1. The molecule has 4 aliphatic rings. The van der Waals surface area contributed by atoms with Gasteiger partial charge < -0.3 is 9.47 Å². The predicted molar refractivity (Wildman–Crippen MR) is 103 cm³/mol. The Morgan fingerprint density at radius 1 is 1.31 bits per heavy atom. The van der Waals surface area contributed by atoms with Crippen LogP contribution in [0.1, 0.15) is 56.6 Å². The van der Waals surface area contributed by atoms with E-state index in [2.05, 4.69) is 15.2 Å². The number of rotatable bonds is 9. The molecular weight excluding hydrogens is 397 g/mol. The molecule has 4 saturated carbocycles. The van der Waals surface area contributed by atoms with Crippen LogP contribution in [0.4, 0.5) is 4.39 Å². The van der Waals surface area contributed by atoms with Crippen molar-refractivity contribution in [1.82, 2.24) is 15.2 Å². The highest BCUT2D eigenvalue weighted by Gasteiger charge is 2.70. The summed E-state index contributed by atoms with van der Waals surface area (Å²) >= 11 is 5.67. The van der Waals surface area contributed by atoms with Crippen LogP contribution in [0.15, 0.2) is 18.2 Å². The van der Waals surface area contributed by atoms with E-state index < -0.39 is 5.82 Å². The second-order valence-corrected chi connectivity index (χ2v) is 9.27. The number of aromatic nitrogens is 3. The van der Waals surface area contributed by atoms with E-state index in [1.807, 2.05) is 0 Å². The normalized spacial score (nSPS) is 27.7. The number of nitrogens with one attached hydrogen (secondary N) is 1. The second-order valence-electron chi connectivity index (χ2n) is 8.86. The van der Waals surface area contributed by atoms with Crippen molar-refractivity contribution in [3.8, 4) is 5.75 Å². The summed E-state index contributed by atoms with van der Waals surface area (Å²) < 4.78 is 24.7. The van der Waals surface area contributed by atoms with Gasteiger partial charge >= 0.3 is 0 Å². The summed E-state index contributed by atoms with van der Waals surface area (Å²) in [4.78, 5) is 16.8. The van der Waals surface area contributed by atoms with Crippen molar-refractivity contribution in [2.45, 2.75) is 63.1 Å². The number of H-pyrrole nitrogens is 1. The molecule has 0 radical (unpaired) electrons. The van der Waals surface area contributed by atoms with Crippen molar-refractivity contribution in [2.24, 2.45) is 5.41 Å². The molecule has 0 saturated heterocycles. The summed E-state index contributed by atoms with van der Waals surface area (Å²) in [5, 5.41) is 7.33. The summed E-state index contributed by atoms with van der Waals surface area (Å²) in [5.74, 6) is 1.47. The molecule has 2 bridgehead atoms. The Labute approximate surface area is 173 Å². The molecule has 29 heavy (non-hydrogen) atoms. The summed E-state index contributed by atoms with van der Waals surface area (Å²) in [6.07, 6.45) is 7.16. The van der Waals surface area contributed by atoms with Crippen LogP contribution in [-0.2, 0) is 21.6 Å². The number of ketones is 1. The zero-order valence-electron chi connectivity index (χ0n) is 16.0.